The van der Waals surface area contributed by atoms with E-state index >= 15 is 0 Å². The van der Waals surface area contributed by atoms with Crippen molar-refractivity contribution in [1.82, 2.24) is 0 Å². The number of fused-ring (bicyclic) bond motifs is 1. The van der Waals surface area contributed by atoms with Gasteiger partial charge >= 0.3 is 5.97 Å². The van der Waals surface area contributed by atoms with Gasteiger partial charge in [0.1, 0.15) is 29.1 Å². The smallest absolute Gasteiger partial charge is 0.338 e. The Bertz CT molecular complexity index is 1420. The second-order valence-electron chi connectivity index (χ2n) is 7.79. The van der Waals surface area contributed by atoms with Gasteiger partial charge in [0.15, 0.2) is 12.4 Å². The fourth-order valence-electron chi connectivity index (χ4n) is 3.32. The van der Waals surface area contributed by atoms with Crippen molar-refractivity contribution in [3.8, 4) is 23.0 Å². The summed E-state index contributed by atoms with van der Waals surface area (Å²) in [5.41, 5.74) is 0.800. The molecule has 0 N–H and O–H groups in total. The molecule has 0 atom stereocenters. The van der Waals surface area contributed by atoms with Gasteiger partial charge in [-0.25, -0.2) is 4.79 Å². The minimum atomic E-state index is -0.419. The van der Waals surface area contributed by atoms with E-state index in [0.717, 1.165) is 6.42 Å². The Hall–Kier alpha value is -4.59. The van der Waals surface area contributed by atoms with Gasteiger partial charge in [0, 0.05) is 11.6 Å². The van der Waals surface area contributed by atoms with E-state index in [9.17, 15) is 14.4 Å². The monoisotopic (exact) mass is 488 g/mol. The molecule has 3 aromatic carbocycles. The Morgan fingerprint density at radius 3 is 2.22 bits per heavy atom. The van der Waals surface area contributed by atoms with Crippen LogP contribution in [0.2, 0.25) is 0 Å². The first-order chi connectivity index (χ1) is 17.5. The lowest BCUT2D eigenvalue weighted by atomic mass is 10.1. The van der Waals surface area contributed by atoms with Gasteiger partial charge in [0.05, 0.1) is 24.7 Å². The molecule has 8 heteroatoms. The highest BCUT2D eigenvalue weighted by molar-refractivity contribution is 5.97. The molecule has 0 saturated heterocycles. The molecule has 0 saturated carbocycles. The number of methoxy groups -OCH3 is 1. The number of ether oxygens (including phenoxy) is 4. The van der Waals surface area contributed by atoms with E-state index in [2.05, 4.69) is 0 Å². The molecule has 0 fully saturated rings. The van der Waals surface area contributed by atoms with E-state index in [1.807, 2.05) is 6.92 Å². The van der Waals surface area contributed by atoms with Gasteiger partial charge in [-0.1, -0.05) is 6.92 Å². The highest BCUT2D eigenvalue weighted by Crippen LogP contribution is 2.25. The molecule has 0 aliphatic carbocycles. The number of carbonyl (C=O) groups is 2. The Morgan fingerprint density at radius 2 is 1.53 bits per heavy atom. The number of hydrogen-bond donors (Lipinski definition) is 0. The first-order valence-corrected chi connectivity index (χ1v) is 11.3. The van der Waals surface area contributed by atoms with E-state index in [1.165, 1.54) is 6.26 Å². The third-order valence-electron chi connectivity index (χ3n) is 5.25. The summed E-state index contributed by atoms with van der Waals surface area (Å²) in [7, 11) is 1.55. The van der Waals surface area contributed by atoms with E-state index in [0.29, 0.717) is 40.4 Å². The van der Waals surface area contributed by atoms with Crippen LogP contribution in [0.3, 0.4) is 0 Å². The Kier molecular flexibility index (Phi) is 7.65. The second kappa shape index (κ2) is 11.2. The molecule has 1 heterocycles. The summed E-state index contributed by atoms with van der Waals surface area (Å²) in [4.78, 5) is 37.2. The lowest BCUT2D eigenvalue weighted by Crippen LogP contribution is -2.11. The summed E-state index contributed by atoms with van der Waals surface area (Å²) >= 11 is 0. The normalized spacial score (nSPS) is 10.6. The average molecular weight is 488 g/mol. The third-order valence-corrected chi connectivity index (χ3v) is 5.25. The maximum atomic E-state index is 12.9. The highest BCUT2D eigenvalue weighted by atomic mass is 16.5. The number of Topliss-reactive ketones (excluding diaryl/α,β-unsaturated/α-hetero) is 1. The minimum absolute atomic E-state index is 0.00726. The van der Waals surface area contributed by atoms with Crippen LogP contribution in [0.15, 0.2) is 82.2 Å². The quantitative estimate of drug-likeness (QED) is 0.215. The van der Waals surface area contributed by atoms with Crippen molar-refractivity contribution >= 4 is 22.7 Å². The van der Waals surface area contributed by atoms with Gasteiger partial charge in [-0.05, 0) is 67.1 Å². The zero-order valence-electron chi connectivity index (χ0n) is 19.8. The molecule has 0 amide bonds. The van der Waals surface area contributed by atoms with Crippen LogP contribution in [0.1, 0.15) is 34.1 Å². The first-order valence-electron chi connectivity index (χ1n) is 11.3. The van der Waals surface area contributed by atoms with E-state index in [4.69, 9.17) is 23.4 Å². The molecule has 4 rings (SSSR count). The fourth-order valence-corrected chi connectivity index (χ4v) is 3.32. The Labute approximate surface area is 207 Å². The van der Waals surface area contributed by atoms with Gasteiger partial charge in [-0.3, -0.25) is 9.59 Å². The summed E-state index contributed by atoms with van der Waals surface area (Å²) in [6, 6.07) is 17.7. The maximum absolute atomic E-state index is 12.9. The van der Waals surface area contributed by atoms with Crippen LogP contribution >= 0.6 is 0 Å². The topological polar surface area (TPSA) is 101 Å². The van der Waals surface area contributed by atoms with Crippen LogP contribution in [0, 0.1) is 0 Å². The van der Waals surface area contributed by atoms with Crippen LogP contribution in [0.5, 0.6) is 23.0 Å². The SMILES string of the molecule is CCCOC(=O)c1ccc(Oc2coc3cc(OCC(=O)c4ccc(OC)cc4)ccc3c2=O)cc1. The largest absolute Gasteiger partial charge is 0.497 e. The lowest BCUT2D eigenvalue weighted by molar-refractivity contribution is 0.0505. The summed E-state index contributed by atoms with van der Waals surface area (Å²) in [5.74, 6) is 0.777. The Balaban J connectivity index is 1.43. The molecule has 4 aromatic rings. The van der Waals surface area contributed by atoms with Gasteiger partial charge in [-0.2, -0.15) is 0 Å². The van der Waals surface area contributed by atoms with Crippen LogP contribution in [0.4, 0.5) is 0 Å². The van der Waals surface area contributed by atoms with Gasteiger partial charge < -0.3 is 23.4 Å². The predicted molar refractivity (Wildman–Crippen MR) is 132 cm³/mol. The number of benzene rings is 3. The summed E-state index contributed by atoms with van der Waals surface area (Å²) in [6.45, 7) is 2.09. The van der Waals surface area contributed by atoms with Crippen molar-refractivity contribution in [2.45, 2.75) is 13.3 Å². The zero-order chi connectivity index (χ0) is 25.5. The zero-order valence-corrected chi connectivity index (χ0v) is 19.8. The molecule has 0 unspecified atom stereocenters. The van der Waals surface area contributed by atoms with Crippen molar-refractivity contribution in [2.24, 2.45) is 0 Å². The van der Waals surface area contributed by atoms with Gasteiger partial charge in [0.2, 0.25) is 11.2 Å². The van der Waals surface area contributed by atoms with E-state index < -0.39 is 5.97 Å². The predicted octanol–water partition coefficient (Wildman–Crippen LogP) is 5.42. The molecular formula is C28H24O8. The average Bonchev–Trinajstić information content (AvgIpc) is 2.92. The molecule has 8 nitrogen and oxygen atoms in total. The van der Waals surface area contributed by atoms with Gasteiger partial charge in [-0.15, -0.1) is 0 Å². The van der Waals surface area contributed by atoms with Gasteiger partial charge in [0.25, 0.3) is 0 Å². The standard InChI is InChI=1S/C28H24O8/c1-3-14-33-28(31)19-6-10-21(11-7-19)36-26-17-35-25-15-22(12-13-23(25)27(26)30)34-16-24(29)18-4-8-20(32-2)9-5-18/h4-13,15,17H,3,14,16H2,1-2H3. The second-order valence-corrected chi connectivity index (χ2v) is 7.79. The molecule has 184 valence electrons. The molecule has 0 aliphatic heterocycles. The van der Waals surface area contributed by atoms with E-state index in [1.54, 1.807) is 73.8 Å². The molecule has 0 bridgehead atoms. The fraction of sp³-hybridized carbons (Fsp3) is 0.179. The number of ketones is 1. The highest BCUT2D eigenvalue weighted by Gasteiger charge is 2.13. The minimum Gasteiger partial charge on any atom is -0.497 e. The van der Waals surface area contributed by atoms with Crippen LogP contribution in [-0.2, 0) is 4.74 Å². The summed E-state index contributed by atoms with van der Waals surface area (Å²) in [5, 5.41) is 0.293. The lowest BCUT2D eigenvalue weighted by Gasteiger charge is -2.09. The molecule has 36 heavy (non-hydrogen) atoms. The number of esters is 1. The molecule has 0 aliphatic rings. The van der Waals surface area contributed by atoms with Crippen molar-refractivity contribution in [2.75, 3.05) is 20.3 Å². The van der Waals surface area contributed by atoms with Crippen molar-refractivity contribution < 1.29 is 33.0 Å². The van der Waals surface area contributed by atoms with Crippen molar-refractivity contribution in [3.05, 3.63) is 94.3 Å². The van der Waals surface area contributed by atoms with Crippen molar-refractivity contribution in [3.63, 3.8) is 0 Å². The Morgan fingerprint density at radius 1 is 0.861 bits per heavy atom. The summed E-state index contributed by atoms with van der Waals surface area (Å²) < 4.78 is 27.0. The van der Waals surface area contributed by atoms with Crippen LogP contribution < -0.4 is 19.6 Å². The third kappa shape index (κ3) is 5.72. The maximum Gasteiger partial charge on any atom is 0.338 e. The number of rotatable bonds is 10. The van der Waals surface area contributed by atoms with Crippen molar-refractivity contribution in [1.29, 1.82) is 0 Å². The first kappa shape index (κ1) is 24.5. The van der Waals surface area contributed by atoms with Crippen LogP contribution in [0.25, 0.3) is 11.0 Å². The summed E-state index contributed by atoms with van der Waals surface area (Å²) in [6.07, 6.45) is 1.94. The molecule has 0 radical (unpaired) electrons. The molecule has 0 spiro atoms. The van der Waals surface area contributed by atoms with Crippen LogP contribution in [-0.4, -0.2) is 32.1 Å². The molecular weight excluding hydrogens is 464 g/mol. The molecule has 1 aromatic heterocycles. The number of carbonyl (C=O) groups excluding carboxylic acids is 2. The number of hydrogen-bond acceptors (Lipinski definition) is 8. The van der Waals surface area contributed by atoms with E-state index in [-0.39, 0.29) is 29.2 Å².